The summed E-state index contributed by atoms with van der Waals surface area (Å²) in [5, 5.41) is 5.86. The number of ether oxygens (including phenoxy) is 1. The maximum absolute atomic E-state index is 12.8. The standard InChI is InChI=1S/C31H34N6O2/c1-31(2,3)39-30(38)37-15-5-7-26(37)29-33-22-12-9-19(17-25(22)35-29)18-8-11-21-20(16-18)10-13-23-27(21)36-28(34-23)24-6-4-14-32-24/h8-13,16-17,24,26,32H,4-7,14-15H2,1-3H3,(H,33,35)(H,34,36)/t24-,26-/m0/s1. The number of aromatic nitrogens is 4. The van der Waals surface area contributed by atoms with E-state index in [-0.39, 0.29) is 12.1 Å². The number of hydrogen-bond acceptors (Lipinski definition) is 5. The maximum atomic E-state index is 12.8. The highest BCUT2D eigenvalue weighted by Crippen LogP contribution is 2.35. The highest BCUT2D eigenvalue weighted by molar-refractivity contribution is 6.05. The van der Waals surface area contributed by atoms with Gasteiger partial charge in [0.15, 0.2) is 0 Å². The summed E-state index contributed by atoms with van der Waals surface area (Å²) < 4.78 is 5.65. The molecule has 8 heteroatoms. The van der Waals surface area contributed by atoms with Gasteiger partial charge < -0.3 is 20.0 Å². The minimum atomic E-state index is -0.523. The van der Waals surface area contributed by atoms with E-state index in [4.69, 9.17) is 14.7 Å². The number of benzene rings is 3. The number of hydrogen-bond donors (Lipinski definition) is 3. The Labute approximate surface area is 227 Å². The van der Waals surface area contributed by atoms with Gasteiger partial charge in [0, 0.05) is 11.9 Å². The minimum absolute atomic E-state index is 0.100. The number of H-pyrrole nitrogens is 2. The molecule has 0 aliphatic carbocycles. The van der Waals surface area contributed by atoms with Crippen LogP contribution in [-0.2, 0) is 4.74 Å². The van der Waals surface area contributed by atoms with Crippen LogP contribution in [0.5, 0.6) is 0 Å². The number of imidazole rings is 2. The first-order chi connectivity index (χ1) is 18.8. The number of likely N-dealkylation sites (tertiary alicyclic amines) is 1. The van der Waals surface area contributed by atoms with Gasteiger partial charge in [-0.2, -0.15) is 0 Å². The molecule has 39 heavy (non-hydrogen) atoms. The van der Waals surface area contributed by atoms with Gasteiger partial charge in [0.1, 0.15) is 17.2 Å². The minimum Gasteiger partial charge on any atom is -0.444 e. The molecule has 2 aliphatic heterocycles. The summed E-state index contributed by atoms with van der Waals surface area (Å²) in [5.41, 5.74) is 5.72. The van der Waals surface area contributed by atoms with Gasteiger partial charge in [0.25, 0.3) is 0 Å². The van der Waals surface area contributed by atoms with Crippen LogP contribution in [0.2, 0.25) is 0 Å². The van der Waals surface area contributed by atoms with Crippen molar-refractivity contribution in [3.63, 3.8) is 0 Å². The maximum Gasteiger partial charge on any atom is 0.410 e. The molecule has 4 heterocycles. The van der Waals surface area contributed by atoms with E-state index in [1.807, 2.05) is 20.8 Å². The molecule has 2 aliphatic rings. The first-order valence-electron chi connectivity index (χ1n) is 14.0. The second kappa shape index (κ2) is 9.09. The molecule has 0 saturated carbocycles. The van der Waals surface area contributed by atoms with Crippen LogP contribution in [0.3, 0.4) is 0 Å². The van der Waals surface area contributed by atoms with Gasteiger partial charge in [0.2, 0.25) is 0 Å². The Morgan fingerprint density at radius 2 is 1.74 bits per heavy atom. The first kappa shape index (κ1) is 24.2. The molecule has 5 aromatic rings. The molecule has 0 spiro atoms. The van der Waals surface area contributed by atoms with Crippen LogP contribution in [0.25, 0.3) is 44.0 Å². The average Bonchev–Trinajstić information content (AvgIpc) is 3.71. The summed E-state index contributed by atoms with van der Waals surface area (Å²) in [6, 6.07) is 17.4. The molecule has 2 fully saturated rings. The molecule has 3 N–H and O–H groups in total. The highest BCUT2D eigenvalue weighted by atomic mass is 16.6. The highest BCUT2D eigenvalue weighted by Gasteiger charge is 2.35. The third-order valence-electron chi connectivity index (χ3n) is 7.91. The number of nitrogens with zero attached hydrogens (tertiary/aromatic N) is 3. The Balaban J connectivity index is 1.19. The van der Waals surface area contributed by atoms with Crippen molar-refractivity contribution in [2.75, 3.05) is 13.1 Å². The summed E-state index contributed by atoms with van der Waals surface area (Å²) in [6.45, 7) is 7.42. The van der Waals surface area contributed by atoms with E-state index in [1.165, 1.54) is 11.8 Å². The van der Waals surface area contributed by atoms with Gasteiger partial charge >= 0.3 is 6.09 Å². The predicted molar refractivity (Wildman–Crippen MR) is 154 cm³/mol. The molecule has 2 atom stereocenters. The summed E-state index contributed by atoms with van der Waals surface area (Å²) in [4.78, 5) is 31.5. The Hall–Kier alpha value is -3.91. The molecule has 2 saturated heterocycles. The molecule has 200 valence electrons. The summed E-state index contributed by atoms with van der Waals surface area (Å²) in [6.07, 6.45) is 3.85. The van der Waals surface area contributed by atoms with Crippen LogP contribution in [0.1, 0.15) is 70.2 Å². The lowest BCUT2D eigenvalue weighted by Crippen LogP contribution is -2.36. The smallest absolute Gasteiger partial charge is 0.410 e. The molecule has 2 aromatic heterocycles. The lowest BCUT2D eigenvalue weighted by molar-refractivity contribution is 0.0219. The number of carbonyl (C=O) groups excluding carboxylic acids is 1. The zero-order valence-corrected chi connectivity index (χ0v) is 22.7. The lowest BCUT2D eigenvalue weighted by atomic mass is 10.0. The number of fused-ring (bicyclic) bond motifs is 4. The van der Waals surface area contributed by atoms with Gasteiger partial charge in [-0.1, -0.05) is 24.3 Å². The summed E-state index contributed by atoms with van der Waals surface area (Å²) in [5.74, 6) is 1.85. The molecular formula is C31H34N6O2. The van der Waals surface area contributed by atoms with Crippen molar-refractivity contribution in [1.82, 2.24) is 30.2 Å². The second-order valence-corrected chi connectivity index (χ2v) is 11.9. The van der Waals surface area contributed by atoms with Crippen molar-refractivity contribution in [2.45, 2.75) is 64.1 Å². The quantitative estimate of drug-likeness (QED) is 0.243. The zero-order valence-electron chi connectivity index (χ0n) is 22.7. The molecule has 3 aromatic carbocycles. The van der Waals surface area contributed by atoms with Crippen LogP contribution >= 0.6 is 0 Å². The van der Waals surface area contributed by atoms with E-state index in [1.54, 1.807) is 4.90 Å². The molecule has 1 amide bonds. The van der Waals surface area contributed by atoms with E-state index in [0.29, 0.717) is 12.6 Å². The van der Waals surface area contributed by atoms with E-state index < -0.39 is 5.60 Å². The Morgan fingerprint density at radius 3 is 2.56 bits per heavy atom. The van der Waals surface area contributed by atoms with Gasteiger partial charge in [-0.05, 0) is 93.8 Å². The molecule has 7 rings (SSSR count). The van der Waals surface area contributed by atoms with Crippen LogP contribution in [0.4, 0.5) is 4.79 Å². The Bertz CT molecular complexity index is 1710. The largest absolute Gasteiger partial charge is 0.444 e. The summed E-state index contributed by atoms with van der Waals surface area (Å²) in [7, 11) is 0. The van der Waals surface area contributed by atoms with Crippen molar-refractivity contribution < 1.29 is 9.53 Å². The predicted octanol–water partition coefficient (Wildman–Crippen LogP) is 6.76. The van der Waals surface area contributed by atoms with E-state index in [2.05, 4.69) is 63.8 Å². The monoisotopic (exact) mass is 522 g/mol. The van der Waals surface area contributed by atoms with Gasteiger partial charge in [-0.25, -0.2) is 14.8 Å². The fourth-order valence-corrected chi connectivity index (χ4v) is 6.04. The topological polar surface area (TPSA) is 98.9 Å². The SMILES string of the molecule is CC(C)(C)OC(=O)N1CCC[C@H]1c1nc2ccc(-c3ccc4c(ccc5[nH]c([C@@H]6CCCN6)nc54)c3)cc2[nH]1. The first-order valence-corrected chi connectivity index (χ1v) is 14.0. The third-order valence-corrected chi connectivity index (χ3v) is 7.91. The fourth-order valence-electron chi connectivity index (χ4n) is 6.04. The molecular weight excluding hydrogens is 488 g/mol. The second-order valence-electron chi connectivity index (χ2n) is 11.9. The molecule has 0 unspecified atom stereocenters. The van der Waals surface area contributed by atoms with E-state index in [9.17, 15) is 4.79 Å². The number of rotatable bonds is 3. The number of carbonyl (C=O) groups is 1. The average molecular weight is 523 g/mol. The van der Waals surface area contributed by atoms with Crippen LogP contribution in [0, 0.1) is 0 Å². The Morgan fingerprint density at radius 1 is 0.923 bits per heavy atom. The molecule has 0 radical (unpaired) electrons. The lowest BCUT2D eigenvalue weighted by Gasteiger charge is -2.27. The zero-order chi connectivity index (χ0) is 26.7. The van der Waals surface area contributed by atoms with Gasteiger partial charge in [-0.15, -0.1) is 0 Å². The van der Waals surface area contributed by atoms with Crippen molar-refractivity contribution in [1.29, 1.82) is 0 Å². The van der Waals surface area contributed by atoms with E-state index >= 15 is 0 Å². The third kappa shape index (κ3) is 4.42. The molecule has 8 nitrogen and oxygen atoms in total. The Kier molecular flexibility index (Phi) is 5.63. The van der Waals surface area contributed by atoms with Crippen molar-refractivity contribution in [3.05, 3.63) is 60.2 Å². The molecule has 0 bridgehead atoms. The van der Waals surface area contributed by atoms with E-state index in [0.717, 1.165) is 76.0 Å². The normalized spacial score (nSPS) is 20.0. The van der Waals surface area contributed by atoms with Gasteiger partial charge in [0.05, 0.1) is 34.2 Å². The van der Waals surface area contributed by atoms with Crippen molar-refractivity contribution >= 4 is 38.9 Å². The van der Waals surface area contributed by atoms with Crippen LogP contribution < -0.4 is 5.32 Å². The van der Waals surface area contributed by atoms with Gasteiger partial charge in [-0.3, -0.25) is 4.90 Å². The number of aromatic amines is 2. The fraction of sp³-hybridized carbons (Fsp3) is 0.387. The van der Waals surface area contributed by atoms with Crippen LogP contribution in [-0.4, -0.2) is 49.6 Å². The van der Waals surface area contributed by atoms with Crippen molar-refractivity contribution in [2.24, 2.45) is 0 Å². The van der Waals surface area contributed by atoms with Crippen LogP contribution in [0.15, 0.2) is 48.5 Å². The summed E-state index contributed by atoms with van der Waals surface area (Å²) >= 11 is 0. The number of nitrogens with one attached hydrogen (secondary N) is 3. The number of amides is 1. The van der Waals surface area contributed by atoms with Crippen molar-refractivity contribution in [3.8, 4) is 11.1 Å².